The number of nitrogens with zero attached hydrogens (tertiary/aromatic N) is 1. The van der Waals surface area contributed by atoms with Crippen molar-refractivity contribution in [2.75, 3.05) is 0 Å². The average molecular weight is 406 g/mol. The maximum atomic E-state index is 9.02. The van der Waals surface area contributed by atoms with Crippen molar-refractivity contribution < 1.29 is 0 Å². The van der Waals surface area contributed by atoms with Gasteiger partial charge in [0.1, 0.15) is 0 Å². The van der Waals surface area contributed by atoms with Crippen molar-refractivity contribution in [2.45, 2.75) is 109 Å². The molecular formula is C29H43N. The molecular weight excluding hydrogens is 362 g/mol. The van der Waals surface area contributed by atoms with Crippen molar-refractivity contribution in [3.8, 4) is 6.07 Å². The summed E-state index contributed by atoms with van der Waals surface area (Å²) in [6.07, 6.45) is 22.1. The van der Waals surface area contributed by atoms with Gasteiger partial charge < -0.3 is 0 Å². The SMILES string of the molecule is CCCCCCC1CCC2CC(C3CCC(c4ccc(C#N)cc4)CC3)CCC2C1. The van der Waals surface area contributed by atoms with Gasteiger partial charge in [0.2, 0.25) is 0 Å². The smallest absolute Gasteiger partial charge is 0.0991 e. The summed E-state index contributed by atoms with van der Waals surface area (Å²) in [5.41, 5.74) is 2.26. The maximum absolute atomic E-state index is 9.02. The standard InChI is InChI=1S/C29H43N/c1-2-3-4-5-6-22-7-12-29-20-28(18-17-27(29)19-22)26-15-13-25(14-16-26)24-10-8-23(21-30)9-11-24/h8-11,22,25-29H,2-7,12-20H2,1H3. The second-order valence-corrected chi connectivity index (χ2v) is 11.0. The molecule has 0 heterocycles. The van der Waals surface area contributed by atoms with Crippen LogP contribution in [0.2, 0.25) is 0 Å². The first-order valence-electron chi connectivity index (χ1n) is 13.3. The summed E-state index contributed by atoms with van der Waals surface area (Å²) < 4.78 is 0. The molecule has 0 aliphatic heterocycles. The lowest BCUT2D eigenvalue weighted by molar-refractivity contribution is 0.0613. The van der Waals surface area contributed by atoms with E-state index in [1.807, 2.05) is 12.1 Å². The van der Waals surface area contributed by atoms with Crippen LogP contribution in [0, 0.1) is 40.9 Å². The quantitative estimate of drug-likeness (QED) is 0.416. The summed E-state index contributed by atoms with van der Waals surface area (Å²) in [7, 11) is 0. The first-order valence-corrected chi connectivity index (χ1v) is 13.3. The third-order valence-electron chi connectivity index (χ3n) is 9.18. The third-order valence-corrected chi connectivity index (χ3v) is 9.18. The van der Waals surface area contributed by atoms with Crippen molar-refractivity contribution in [3.05, 3.63) is 35.4 Å². The fourth-order valence-corrected chi connectivity index (χ4v) is 7.33. The molecule has 1 nitrogen and oxygen atoms in total. The van der Waals surface area contributed by atoms with Crippen molar-refractivity contribution in [3.63, 3.8) is 0 Å². The second kappa shape index (κ2) is 10.8. The monoisotopic (exact) mass is 405 g/mol. The van der Waals surface area contributed by atoms with Crippen LogP contribution in [0.1, 0.15) is 120 Å². The largest absolute Gasteiger partial charge is 0.192 e. The van der Waals surface area contributed by atoms with Gasteiger partial charge in [0.15, 0.2) is 0 Å². The van der Waals surface area contributed by atoms with Gasteiger partial charge >= 0.3 is 0 Å². The highest BCUT2D eigenvalue weighted by atomic mass is 14.4. The minimum absolute atomic E-state index is 0.730. The molecule has 0 aromatic heterocycles. The molecule has 3 saturated carbocycles. The molecule has 4 unspecified atom stereocenters. The number of hydrogen-bond donors (Lipinski definition) is 0. The fourth-order valence-electron chi connectivity index (χ4n) is 7.33. The molecule has 0 amide bonds. The lowest BCUT2D eigenvalue weighted by Crippen LogP contribution is -2.34. The molecule has 1 aromatic carbocycles. The molecule has 0 bridgehead atoms. The molecule has 0 spiro atoms. The normalized spacial score (nSPS) is 34.1. The molecule has 30 heavy (non-hydrogen) atoms. The summed E-state index contributed by atoms with van der Waals surface area (Å²) in [6.45, 7) is 2.32. The van der Waals surface area contributed by atoms with Crippen molar-refractivity contribution in [2.24, 2.45) is 29.6 Å². The molecule has 1 aromatic rings. The van der Waals surface area contributed by atoms with Crippen LogP contribution in [-0.2, 0) is 0 Å². The van der Waals surface area contributed by atoms with Crippen LogP contribution >= 0.6 is 0 Å². The molecule has 3 fully saturated rings. The molecule has 4 atom stereocenters. The van der Waals surface area contributed by atoms with E-state index in [4.69, 9.17) is 5.26 Å². The molecule has 164 valence electrons. The van der Waals surface area contributed by atoms with Gasteiger partial charge in [-0.3, -0.25) is 0 Å². The average Bonchev–Trinajstić information content (AvgIpc) is 2.81. The predicted octanol–water partition coefficient (Wildman–Crippen LogP) is 8.64. The van der Waals surface area contributed by atoms with Crippen LogP contribution in [0.25, 0.3) is 0 Å². The number of nitriles is 1. The Morgan fingerprint density at radius 1 is 0.733 bits per heavy atom. The molecule has 4 rings (SSSR count). The van der Waals surface area contributed by atoms with E-state index in [0.29, 0.717) is 0 Å². The molecule has 0 saturated heterocycles. The van der Waals surface area contributed by atoms with Crippen LogP contribution in [0.5, 0.6) is 0 Å². The summed E-state index contributed by atoms with van der Waals surface area (Å²) in [5.74, 6) is 5.94. The maximum Gasteiger partial charge on any atom is 0.0991 e. The predicted molar refractivity (Wildman–Crippen MR) is 126 cm³/mol. The zero-order valence-corrected chi connectivity index (χ0v) is 19.3. The van der Waals surface area contributed by atoms with Gasteiger partial charge in [-0.15, -0.1) is 0 Å². The Labute approximate surface area is 185 Å². The summed E-state index contributed by atoms with van der Waals surface area (Å²) in [5, 5.41) is 9.02. The van der Waals surface area contributed by atoms with E-state index < -0.39 is 0 Å². The van der Waals surface area contributed by atoms with Crippen molar-refractivity contribution in [1.82, 2.24) is 0 Å². The van der Waals surface area contributed by atoms with E-state index in [-0.39, 0.29) is 0 Å². The van der Waals surface area contributed by atoms with E-state index >= 15 is 0 Å². The number of hydrogen-bond acceptors (Lipinski definition) is 1. The zero-order valence-electron chi connectivity index (χ0n) is 19.3. The van der Waals surface area contributed by atoms with Crippen molar-refractivity contribution >= 4 is 0 Å². The molecule has 0 N–H and O–H groups in total. The molecule has 3 aliphatic rings. The first kappa shape index (κ1) is 21.9. The first-order chi connectivity index (χ1) is 14.8. The Balaban J connectivity index is 1.21. The number of fused-ring (bicyclic) bond motifs is 1. The highest BCUT2D eigenvalue weighted by Crippen LogP contribution is 2.50. The third kappa shape index (κ3) is 5.49. The van der Waals surface area contributed by atoms with Gasteiger partial charge in [0.05, 0.1) is 11.6 Å². The van der Waals surface area contributed by atoms with Crippen LogP contribution in [-0.4, -0.2) is 0 Å². The van der Waals surface area contributed by atoms with E-state index in [0.717, 1.165) is 41.1 Å². The minimum Gasteiger partial charge on any atom is -0.192 e. The number of benzene rings is 1. The van der Waals surface area contributed by atoms with Crippen LogP contribution in [0.4, 0.5) is 0 Å². The van der Waals surface area contributed by atoms with Gasteiger partial charge in [0, 0.05) is 0 Å². The van der Waals surface area contributed by atoms with Crippen LogP contribution in [0.3, 0.4) is 0 Å². The Hall–Kier alpha value is -1.29. The molecule has 0 radical (unpaired) electrons. The van der Waals surface area contributed by atoms with E-state index in [2.05, 4.69) is 25.1 Å². The van der Waals surface area contributed by atoms with E-state index in [1.54, 1.807) is 19.3 Å². The van der Waals surface area contributed by atoms with Gasteiger partial charge in [-0.05, 0) is 111 Å². The topological polar surface area (TPSA) is 23.8 Å². The Morgan fingerprint density at radius 2 is 1.37 bits per heavy atom. The number of unbranched alkanes of at least 4 members (excludes halogenated alkanes) is 3. The molecule has 3 aliphatic carbocycles. The van der Waals surface area contributed by atoms with Gasteiger partial charge in [-0.2, -0.15) is 5.26 Å². The van der Waals surface area contributed by atoms with E-state index in [1.165, 1.54) is 82.6 Å². The Morgan fingerprint density at radius 3 is 2.07 bits per heavy atom. The molecule has 1 heteroatoms. The minimum atomic E-state index is 0.730. The van der Waals surface area contributed by atoms with E-state index in [9.17, 15) is 0 Å². The Bertz CT molecular complexity index is 675. The fraction of sp³-hybridized carbons (Fsp3) is 0.759. The lowest BCUT2D eigenvalue weighted by Gasteiger charge is -2.45. The highest BCUT2D eigenvalue weighted by Gasteiger charge is 2.38. The summed E-state index contributed by atoms with van der Waals surface area (Å²) >= 11 is 0. The van der Waals surface area contributed by atoms with Gasteiger partial charge in [-0.1, -0.05) is 57.6 Å². The highest BCUT2D eigenvalue weighted by molar-refractivity contribution is 5.33. The Kier molecular flexibility index (Phi) is 7.92. The summed E-state index contributed by atoms with van der Waals surface area (Å²) in [4.78, 5) is 0. The van der Waals surface area contributed by atoms with Crippen LogP contribution in [0.15, 0.2) is 24.3 Å². The van der Waals surface area contributed by atoms with Gasteiger partial charge in [-0.25, -0.2) is 0 Å². The lowest BCUT2D eigenvalue weighted by atomic mass is 9.60. The van der Waals surface area contributed by atoms with Crippen LogP contribution < -0.4 is 0 Å². The second-order valence-electron chi connectivity index (χ2n) is 11.0. The zero-order chi connectivity index (χ0) is 20.8. The number of rotatable bonds is 7. The van der Waals surface area contributed by atoms with Gasteiger partial charge in [0.25, 0.3) is 0 Å². The van der Waals surface area contributed by atoms with Crippen molar-refractivity contribution in [1.29, 1.82) is 5.26 Å². The summed E-state index contributed by atoms with van der Waals surface area (Å²) in [6, 6.07) is 10.7.